The van der Waals surface area contributed by atoms with E-state index < -0.39 is 5.67 Å². The Morgan fingerprint density at radius 3 is 2.75 bits per heavy atom. The quantitative estimate of drug-likeness (QED) is 0.735. The summed E-state index contributed by atoms with van der Waals surface area (Å²) in [6.07, 6.45) is 4.61. The van der Waals surface area contributed by atoms with Crippen LogP contribution in [0.2, 0.25) is 0 Å². The molecular formula is C12H20FN3. The fraction of sp³-hybridized carbons (Fsp3) is 0.833. The minimum atomic E-state index is -1.26. The van der Waals surface area contributed by atoms with Gasteiger partial charge in [-0.2, -0.15) is 0 Å². The van der Waals surface area contributed by atoms with Crippen molar-refractivity contribution in [3.05, 3.63) is 11.4 Å². The Labute approximate surface area is 96.0 Å². The van der Waals surface area contributed by atoms with Gasteiger partial charge in [0.25, 0.3) is 0 Å². The summed E-state index contributed by atoms with van der Waals surface area (Å²) in [5.41, 5.74) is 0.314. The molecule has 90 valence electrons. The molecule has 1 atom stereocenters. The molecule has 0 spiro atoms. The predicted octanol–water partition coefficient (Wildman–Crippen LogP) is 2.75. The third kappa shape index (κ3) is 1.74. The molecule has 1 unspecified atom stereocenters. The lowest BCUT2D eigenvalue weighted by Gasteiger charge is -2.31. The molecule has 2 rings (SSSR count). The third-order valence-electron chi connectivity index (χ3n) is 3.66. The third-order valence-corrected chi connectivity index (χ3v) is 3.66. The van der Waals surface area contributed by atoms with E-state index in [0.29, 0.717) is 12.1 Å². The summed E-state index contributed by atoms with van der Waals surface area (Å²) < 4.78 is 16.7. The molecule has 0 bridgehead atoms. The Morgan fingerprint density at radius 2 is 2.06 bits per heavy atom. The first kappa shape index (κ1) is 11.6. The lowest BCUT2D eigenvalue weighted by molar-refractivity contribution is 0.0705. The molecule has 0 saturated carbocycles. The van der Waals surface area contributed by atoms with Crippen LogP contribution in [0.4, 0.5) is 4.39 Å². The summed E-state index contributed by atoms with van der Waals surface area (Å²) >= 11 is 0. The first-order valence-electron chi connectivity index (χ1n) is 6.13. The number of nitrogens with zero attached hydrogens (tertiary/aromatic N) is 3. The van der Waals surface area contributed by atoms with Crippen molar-refractivity contribution < 1.29 is 4.39 Å². The second-order valence-corrected chi connectivity index (χ2v) is 5.09. The van der Waals surface area contributed by atoms with E-state index in [0.717, 1.165) is 31.4 Å². The molecular weight excluding hydrogens is 205 g/mol. The molecule has 1 aliphatic carbocycles. The molecule has 1 heterocycles. The zero-order valence-electron chi connectivity index (χ0n) is 10.3. The van der Waals surface area contributed by atoms with Gasteiger partial charge in [0.05, 0.1) is 11.4 Å². The maximum atomic E-state index is 15.1. The highest BCUT2D eigenvalue weighted by Crippen LogP contribution is 2.41. The zero-order valence-corrected chi connectivity index (χ0v) is 10.3. The molecule has 1 aromatic heterocycles. The largest absolute Gasteiger partial charge is 0.249 e. The monoisotopic (exact) mass is 225 g/mol. The van der Waals surface area contributed by atoms with Crippen molar-refractivity contribution in [3.8, 4) is 0 Å². The highest BCUT2D eigenvalue weighted by molar-refractivity contribution is 5.20. The van der Waals surface area contributed by atoms with Gasteiger partial charge in [0.2, 0.25) is 0 Å². The molecule has 0 aromatic carbocycles. The highest BCUT2D eigenvalue weighted by atomic mass is 19.1. The Balaban J connectivity index is 2.50. The van der Waals surface area contributed by atoms with E-state index in [1.807, 2.05) is 13.8 Å². The fourth-order valence-electron chi connectivity index (χ4n) is 2.61. The summed E-state index contributed by atoms with van der Waals surface area (Å²) in [6, 6.07) is 0. The Bertz CT molecular complexity index is 372. The van der Waals surface area contributed by atoms with Crippen LogP contribution < -0.4 is 0 Å². The van der Waals surface area contributed by atoms with E-state index in [9.17, 15) is 0 Å². The summed E-state index contributed by atoms with van der Waals surface area (Å²) in [4.78, 5) is 0. The van der Waals surface area contributed by atoms with E-state index in [1.54, 1.807) is 11.7 Å². The molecule has 0 N–H and O–H groups in total. The number of hydrogen-bond donors (Lipinski definition) is 0. The lowest BCUT2D eigenvalue weighted by atomic mass is 9.81. The van der Waals surface area contributed by atoms with E-state index in [4.69, 9.17) is 0 Å². The van der Waals surface area contributed by atoms with Crippen LogP contribution in [0.3, 0.4) is 0 Å². The van der Waals surface area contributed by atoms with Crippen molar-refractivity contribution in [2.75, 3.05) is 0 Å². The van der Waals surface area contributed by atoms with E-state index in [2.05, 4.69) is 10.3 Å². The van der Waals surface area contributed by atoms with Gasteiger partial charge < -0.3 is 0 Å². The van der Waals surface area contributed by atoms with Gasteiger partial charge in [0.1, 0.15) is 0 Å². The minimum absolute atomic E-state index is 0.0263. The van der Waals surface area contributed by atoms with Gasteiger partial charge in [0.15, 0.2) is 5.67 Å². The number of alkyl halides is 1. The van der Waals surface area contributed by atoms with Gasteiger partial charge in [-0.3, -0.25) is 0 Å². The van der Waals surface area contributed by atoms with Crippen LogP contribution in [0, 0.1) is 5.92 Å². The van der Waals surface area contributed by atoms with Gasteiger partial charge in [-0.1, -0.05) is 25.5 Å². The predicted molar refractivity (Wildman–Crippen MR) is 60.8 cm³/mol. The van der Waals surface area contributed by atoms with Gasteiger partial charge in [-0.05, 0) is 31.6 Å². The molecule has 0 radical (unpaired) electrons. The molecule has 0 aliphatic heterocycles. The first-order chi connectivity index (χ1) is 7.55. The van der Waals surface area contributed by atoms with Crippen molar-refractivity contribution in [2.24, 2.45) is 13.0 Å². The second kappa shape index (κ2) is 4.15. The van der Waals surface area contributed by atoms with Gasteiger partial charge in [-0.15, -0.1) is 5.10 Å². The second-order valence-electron chi connectivity index (χ2n) is 5.09. The maximum absolute atomic E-state index is 15.1. The topological polar surface area (TPSA) is 30.7 Å². The van der Waals surface area contributed by atoms with Crippen LogP contribution in [-0.2, 0) is 19.1 Å². The SMILES string of the molecule is CC(C)C1(F)CCCCCc2nnn(C)c21. The number of aromatic nitrogens is 3. The van der Waals surface area contributed by atoms with Crippen LogP contribution in [0.1, 0.15) is 50.9 Å². The van der Waals surface area contributed by atoms with E-state index >= 15 is 4.39 Å². The fourth-order valence-corrected chi connectivity index (χ4v) is 2.61. The molecule has 1 aliphatic rings. The molecule has 16 heavy (non-hydrogen) atoms. The number of halogens is 1. The van der Waals surface area contributed by atoms with Crippen molar-refractivity contribution in [1.29, 1.82) is 0 Å². The van der Waals surface area contributed by atoms with Gasteiger partial charge in [-0.25, -0.2) is 9.07 Å². The normalized spacial score (nSPS) is 26.3. The Hall–Kier alpha value is -0.930. The van der Waals surface area contributed by atoms with Crippen LogP contribution in [0.5, 0.6) is 0 Å². The van der Waals surface area contributed by atoms with Crippen LogP contribution in [0.25, 0.3) is 0 Å². The molecule has 0 fully saturated rings. The zero-order chi connectivity index (χ0) is 11.8. The van der Waals surface area contributed by atoms with Crippen molar-refractivity contribution >= 4 is 0 Å². The molecule has 3 nitrogen and oxygen atoms in total. The summed E-state index contributed by atoms with van der Waals surface area (Å²) in [7, 11) is 1.80. The van der Waals surface area contributed by atoms with Crippen molar-refractivity contribution in [3.63, 3.8) is 0 Å². The number of rotatable bonds is 1. The molecule has 0 amide bonds. The lowest BCUT2D eigenvalue weighted by Crippen LogP contribution is -2.31. The minimum Gasteiger partial charge on any atom is -0.249 e. The average molecular weight is 225 g/mol. The van der Waals surface area contributed by atoms with Crippen LogP contribution >= 0.6 is 0 Å². The molecule has 0 saturated heterocycles. The number of hydrogen-bond acceptors (Lipinski definition) is 2. The number of fused-ring (bicyclic) bond motifs is 1. The highest BCUT2D eigenvalue weighted by Gasteiger charge is 2.41. The van der Waals surface area contributed by atoms with Crippen molar-refractivity contribution in [2.45, 2.75) is 51.6 Å². The Kier molecular flexibility index (Phi) is 3.00. The summed E-state index contributed by atoms with van der Waals surface area (Å²) in [5.74, 6) is -0.0263. The van der Waals surface area contributed by atoms with E-state index in [-0.39, 0.29) is 5.92 Å². The van der Waals surface area contributed by atoms with Gasteiger partial charge in [0, 0.05) is 7.05 Å². The smallest absolute Gasteiger partial charge is 0.156 e. The summed E-state index contributed by atoms with van der Waals surface area (Å²) in [5, 5.41) is 8.09. The summed E-state index contributed by atoms with van der Waals surface area (Å²) in [6.45, 7) is 3.89. The van der Waals surface area contributed by atoms with Crippen LogP contribution in [0.15, 0.2) is 0 Å². The van der Waals surface area contributed by atoms with Gasteiger partial charge >= 0.3 is 0 Å². The number of aryl methyl sites for hydroxylation is 2. The van der Waals surface area contributed by atoms with Crippen LogP contribution in [-0.4, -0.2) is 15.0 Å². The average Bonchev–Trinajstić information content (AvgIpc) is 2.55. The first-order valence-corrected chi connectivity index (χ1v) is 6.13. The standard InChI is InChI=1S/C12H20FN3/c1-9(2)12(13)8-6-4-5-7-10-11(12)16(3)15-14-10/h9H,4-8H2,1-3H3. The molecule has 1 aromatic rings. The maximum Gasteiger partial charge on any atom is 0.156 e. The van der Waals surface area contributed by atoms with Crippen molar-refractivity contribution in [1.82, 2.24) is 15.0 Å². The Morgan fingerprint density at radius 1 is 1.31 bits per heavy atom. The van der Waals surface area contributed by atoms with E-state index in [1.165, 1.54) is 0 Å². The molecule has 4 heteroatoms.